The third-order valence-corrected chi connectivity index (χ3v) is 5.03. The van der Waals surface area contributed by atoms with Crippen molar-refractivity contribution in [2.45, 2.75) is 63.1 Å². The molecule has 5 heteroatoms. The van der Waals surface area contributed by atoms with Crippen molar-refractivity contribution >= 4 is 11.9 Å². The van der Waals surface area contributed by atoms with Gasteiger partial charge in [0.1, 0.15) is 11.6 Å². The number of carbonyl (C=O) groups is 2. The van der Waals surface area contributed by atoms with Gasteiger partial charge in [0.25, 0.3) is 0 Å². The molecule has 1 N–H and O–H groups in total. The summed E-state index contributed by atoms with van der Waals surface area (Å²) in [5.74, 6) is -0.902. The monoisotopic (exact) mass is 267 g/mol. The summed E-state index contributed by atoms with van der Waals surface area (Å²) in [6, 6.07) is -0.292. The predicted octanol–water partition coefficient (Wildman–Crippen LogP) is 1.41. The van der Waals surface area contributed by atoms with Crippen LogP contribution in [-0.4, -0.2) is 46.2 Å². The molecule has 0 aromatic heterocycles. The molecule has 19 heavy (non-hydrogen) atoms. The van der Waals surface area contributed by atoms with Gasteiger partial charge in [-0.25, -0.2) is 0 Å². The number of carboxylic acid groups (broad SMARTS) is 1. The van der Waals surface area contributed by atoms with E-state index in [2.05, 4.69) is 4.90 Å². The van der Waals surface area contributed by atoms with Crippen molar-refractivity contribution in [1.82, 2.24) is 4.90 Å². The second-order valence-corrected chi connectivity index (χ2v) is 6.23. The average molecular weight is 267 g/mol. The van der Waals surface area contributed by atoms with E-state index in [-0.39, 0.29) is 17.9 Å². The van der Waals surface area contributed by atoms with Gasteiger partial charge in [-0.1, -0.05) is 6.92 Å². The van der Waals surface area contributed by atoms with Crippen molar-refractivity contribution in [1.29, 1.82) is 0 Å². The number of hydrogen-bond donors (Lipinski definition) is 1. The van der Waals surface area contributed by atoms with Crippen LogP contribution in [-0.2, 0) is 14.3 Å². The molecule has 0 unspecified atom stereocenters. The molecule has 1 spiro atoms. The molecule has 3 aliphatic heterocycles. The fourth-order valence-corrected chi connectivity index (χ4v) is 4.19. The summed E-state index contributed by atoms with van der Waals surface area (Å²) < 4.78 is 5.75. The molecule has 4 atom stereocenters. The largest absolute Gasteiger partial charge is 0.480 e. The number of hydrogen-bond acceptors (Lipinski definition) is 4. The Bertz CT molecular complexity index is 410. The fourth-order valence-electron chi connectivity index (χ4n) is 4.19. The van der Waals surface area contributed by atoms with Gasteiger partial charge >= 0.3 is 11.9 Å². The first-order valence-electron chi connectivity index (χ1n) is 7.25. The average Bonchev–Trinajstić information content (AvgIpc) is 2.84. The van der Waals surface area contributed by atoms with Gasteiger partial charge in [-0.3, -0.25) is 14.5 Å². The Morgan fingerprint density at radius 2 is 2.21 bits per heavy atom. The molecule has 3 saturated heterocycles. The Balaban J connectivity index is 1.90. The van der Waals surface area contributed by atoms with Crippen LogP contribution in [0.25, 0.3) is 0 Å². The molecule has 3 heterocycles. The standard InChI is InChI=1S/C14H21NO4/c1-9-8-14(19-13(9)18)6-2-3-7-15-10(12(16)17)4-5-11(14)15/h9-11H,2-8H2,1H3,(H,16,17)/t9-,10+,11+,14+/m1/s1. The number of rotatable bonds is 1. The van der Waals surface area contributed by atoms with E-state index in [4.69, 9.17) is 4.74 Å². The first-order chi connectivity index (χ1) is 9.03. The maximum atomic E-state index is 11.8. The molecular formula is C14H21NO4. The lowest BCUT2D eigenvalue weighted by Gasteiger charge is -2.38. The number of nitrogens with zero attached hydrogens (tertiary/aromatic N) is 1. The van der Waals surface area contributed by atoms with Gasteiger partial charge in [-0.15, -0.1) is 0 Å². The Morgan fingerprint density at radius 1 is 1.42 bits per heavy atom. The third kappa shape index (κ3) is 1.95. The lowest BCUT2D eigenvalue weighted by atomic mass is 9.83. The number of aliphatic carboxylic acids is 1. The second-order valence-electron chi connectivity index (χ2n) is 6.23. The summed E-state index contributed by atoms with van der Waals surface area (Å²) in [7, 11) is 0. The van der Waals surface area contributed by atoms with Gasteiger partial charge in [0.2, 0.25) is 0 Å². The summed E-state index contributed by atoms with van der Waals surface area (Å²) in [6.07, 6.45) is 5.15. The van der Waals surface area contributed by atoms with E-state index in [1.807, 2.05) is 6.92 Å². The molecular weight excluding hydrogens is 246 g/mol. The van der Waals surface area contributed by atoms with Gasteiger partial charge in [0, 0.05) is 6.42 Å². The minimum absolute atomic E-state index is 0.0520. The molecule has 0 amide bonds. The topological polar surface area (TPSA) is 66.8 Å². The predicted molar refractivity (Wildman–Crippen MR) is 67.6 cm³/mol. The van der Waals surface area contributed by atoms with Gasteiger partial charge in [0.15, 0.2) is 0 Å². The molecule has 106 valence electrons. The van der Waals surface area contributed by atoms with Crippen LogP contribution in [0, 0.1) is 5.92 Å². The number of carboxylic acids is 1. The molecule has 0 bridgehead atoms. The highest BCUT2D eigenvalue weighted by molar-refractivity contribution is 5.76. The quantitative estimate of drug-likeness (QED) is 0.728. The zero-order valence-electron chi connectivity index (χ0n) is 11.3. The highest BCUT2D eigenvalue weighted by Gasteiger charge is 2.56. The van der Waals surface area contributed by atoms with Crippen molar-refractivity contribution in [2.24, 2.45) is 5.92 Å². The van der Waals surface area contributed by atoms with Crippen molar-refractivity contribution in [3.63, 3.8) is 0 Å². The summed E-state index contributed by atoms with van der Waals surface area (Å²) in [5, 5.41) is 9.33. The van der Waals surface area contributed by atoms with Crippen LogP contribution in [0.15, 0.2) is 0 Å². The van der Waals surface area contributed by atoms with Crippen LogP contribution in [0.5, 0.6) is 0 Å². The SMILES string of the molecule is C[C@@H]1C[C@]2(CCCCN3[C@H]2CC[C@H]3C(=O)O)OC1=O. The lowest BCUT2D eigenvalue weighted by molar-refractivity contribution is -0.156. The molecule has 3 rings (SSSR count). The Kier molecular flexibility index (Phi) is 3.04. The smallest absolute Gasteiger partial charge is 0.320 e. The number of ether oxygens (including phenoxy) is 1. The van der Waals surface area contributed by atoms with Crippen LogP contribution in [0.2, 0.25) is 0 Å². The van der Waals surface area contributed by atoms with Crippen LogP contribution in [0.4, 0.5) is 0 Å². The minimum atomic E-state index is -0.739. The second kappa shape index (κ2) is 4.47. The number of carbonyl (C=O) groups excluding carboxylic acids is 1. The normalized spacial score (nSPS) is 43.0. The van der Waals surface area contributed by atoms with Gasteiger partial charge in [0.05, 0.1) is 12.0 Å². The Morgan fingerprint density at radius 3 is 2.84 bits per heavy atom. The highest BCUT2D eigenvalue weighted by Crippen LogP contribution is 2.46. The summed E-state index contributed by atoms with van der Waals surface area (Å²) in [5.41, 5.74) is -0.419. The molecule has 0 saturated carbocycles. The van der Waals surface area contributed by atoms with E-state index < -0.39 is 17.6 Å². The summed E-state index contributed by atoms with van der Waals surface area (Å²) in [6.45, 7) is 2.73. The molecule has 0 aromatic rings. The zero-order chi connectivity index (χ0) is 13.6. The van der Waals surface area contributed by atoms with E-state index in [1.54, 1.807) is 0 Å². The van der Waals surface area contributed by atoms with E-state index in [1.165, 1.54) is 0 Å². The third-order valence-electron chi connectivity index (χ3n) is 5.03. The molecule has 3 fully saturated rings. The fraction of sp³-hybridized carbons (Fsp3) is 0.857. The molecule has 0 radical (unpaired) electrons. The van der Waals surface area contributed by atoms with Gasteiger partial charge in [-0.05, 0) is 38.6 Å². The number of fused-ring (bicyclic) bond motifs is 2. The molecule has 5 nitrogen and oxygen atoms in total. The van der Waals surface area contributed by atoms with Crippen molar-refractivity contribution in [3.8, 4) is 0 Å². The van der Waals surface area contributed by atoms with Crippen LogP contribution in [0.1, 0.15) is 45.4 Å². The molecule has 0 aromatic carbocycles. The maximum absolute atomic E-state index is 11.8. The first kappa shape index (κ1) is 12.9. The van der Waals surface area contributed by atoms with Gasteiger partial charge < -0.3 is 9.84 Å². The van der Waals surface area contributed by atoms with E-state index in [0.29, 0.717) is 6.42 Å². The van der Waals surface area contributed by atoms with Gasteiger partial charge in [-0.2, -0.15) is 0 Å². The van der Waals surface area contributed by atoms with Crippen LogP contribution >= 0.6 is 0 Å². The highest BCUT2D eigenvalue weighted by atomic mass is 16.6. The Hall–Kier alpha value is -1.10. The van der Waals surface area contributed by atoms with E-state index in [9.17, 15) is 14.7 Å². The lowest BCUT2D eigenvalue weighted by Crippen LogP contribution is -2.51. The van der Waals surface area contributed by atoms with Crippen molar-refractivity contribution in [2.75, 3.05) is 6.54 Å². The molecule has 0 aliphatic carbocycles. The zero-order valence-corrected chi connectivity index (χ0v) is 11.3. The van der Waals surface area contributed by atoms with Crippen molar-refractivity contribution in [3.05, 3.63) is 0 Å². The maximum Gasteiger partial charge on any atom is 0.320 e. The number of esters is 1. The first-order valence-corrected chi connectivity index (χ1v) is 7.25. The van der Waals surface area contributed by atoms with Crippen LogP contribution in [0.3, 0.4) is 0 Å². The van der Waals surface area contributed by atoms with Crippen molar-refractivity contribution < 1.29 is 19.4 Å². The van der Waals surface area contributed by atoms with Crippen LogP contribution < -0.4 is 0 Å². The summed E-state index contributed by atoms with van der Waals surface area (Å²) in [4.78, 5) is 25.2. The van der Waals surface area contributed by atoms with E-state index >= 15 is 0 Å². The minimum Gasteiger partial charge on any atom is -0.480 e. The molecule has 3 aliphatic rings. The Labute approximate surface area is 112 Å². The van der Waals surface area contributed by atoms with E-state index in [0.717, 1.165) is 38.6 Å². The summed E-state index contributed by atoms with van der Waals surface area (Å²) >= 11 is 0.